The van der Waals surface area contributed by atoms with Gasteiger partial charge in [-0.15, -0.1) is 11.3 Å². The molecule has 3 aromatic rings. The zero-order valence-electron chi connectivity index (χ0n) is 14.9. The minimum atomic E-state index is -0.964. The van der Waals surface area contributed by atoms with E-state index in [9.17, 15) is 18.8 Å². The first-order chi connectivity index (χ1) is 14.0. The van der Waals surface area contributed by atoms with Gasteiger partial charge in [0, 0.05) is 16.5 Å². The lowest BCUT2D eigenvalue weighted by atomic mass is 10.1. The van der Waals surface area contributed by atoms with E-state index in [1.54, 1.807) is 47.8 Å². The number of carbonyl (C=O) groups is 3. The molecule has 3 N–H and O–H groups in total. The number of nitrogens with zero attached hydrogens (tertiary/aromatic N) is 1. The van der Waals surface area contributed by atoms with E-state index < -0.39 is 23.9 Å². The van der Waals surface area contributed by atoms with Crippen LogP contribution in [0.15, 0.2) is 53.9 Å². The number of nitrogens with one attached hydrogen (secondary N) is 3. The third kappa shape index (κ3) is 3.99. The Kier molecular flexibility index (Phi) is 5.05. The van der Waals surface area contributed by atoms with Crippen LogP contribution in [-0.2, 0) is 9.59 Å². The van der Waals surface area contributed by atoms with Crippen molar-refractivity contribution in [2.45, 2.75) is 12.5 Å². The van der Waals surface area contributed by atoms with Gasteiger partial charge in [0.05, 0.1) is 17.8 Å². The van der Waals surface area contributed by atoms with Gasteiger partial charge in [0.2, 0.25) is 11.8 Å². The molecule has 0 bridgehead atoms. The van der Waals surface area contributed by atoms with Crippen LogP contribution >= 0.6 is 11.3 Å². The van der Waals surface area contributed by atoms with Crippen LogP contribution in [0, 0.1) is 5.82 Å². The van der Waals surface area contributed by atoms with Crippen LogP contribution in [-0.4, -0.2) is 28.9 Å². The number of hydrogen-bond donors (Lipinski definition) is 3. The maximum absolute atomic E-state index is 14.1. The van der Waals surface area contributed by atoms with Crippen molar-refractivity contribution in [2.75, 3.05) is 5.32 Å². The molecule has 2 aromatic carbocycles. The van der Waals surface area contributed by atoms with Crippen molar-refractivity contribution in [3.8, 4) is 21.8 Å². The summed E-state index contributed by atoms with van der Waals surface area (Å²) in [6.45, 7) is 0. The van der Waals surface area contributed by atoms with Gasteiger partial charge in [-0.05, 0) is 18.2 Å². The van der Waals surface area contributed by atoms with Crippen molar-refractivity contribution in [3.05, 3.63) is 59.7 Å². The molecule has 1 fully saturated rings. The van der Waals surface area contributed by atoms with E-state index in [0.29, 0.717) is 27.5 Å². The minimum Gasteiger partial charge on any atom is -0.325 e. The number of urea groups is 1. The first-order valence-electron chi connectivity index (χ1n) is 8.72. The molecule has 1 saturated heterocycles. The monoisotopic (exact) mass is 410 g/mol. The fourth-order valence-corrected chi connectivity index (χ4v) is 3.80. The highest BCUT2D eigenvalue weighted by molar-refractivity contribution is 7.13. The van der Waals surface area contributed by atoms with Crippen molar-refractivity contribution < 1.29 is 18.8 Å². The van der Waals surface area contributed by atoms with Crippen LogP contribution < -0.4 is 16.0 Å². The average Bonchev–Trinajstić information content (AvgIpc) is 3.17. The number of amides is 4. The summed E-state index contributed by atoms with van der Waals surface area (Å²) >= 11 is 1.29. The summed E-state index contributed by atoms with van der Waals surface area (Å²) in [7, 11) is 0. The molecule has 4 amide bonds. The number of carbonyl (C=O) groups excluding carboxylic acids is 3. The van der Waals surface area contributed by atoms with E-state index in [-0.39, 0.29) is 12.2 Å². The molecular formula is C20H15FN4O3S. The highest BCUT2D eigenvalue weighted by Crippen LogP contribution is 2.33. The second kappa shape index (κ2) is 7.80. The standard InChI is InChI=1S/C20H15FN4O3S/c21-13-7-3-1-5-11(13)19-23-16(10-29-19)12-6-2-4-8-14(12)22-18(27)15-9-17(26)25-20(28)24-15/h1-8,10,15H,9H2,(H,22,27)(H2,24,25,26,28). The van der Waals surface area contributed by atoms with Crippen LogP contribution in [0.5, 0.6) is 0 Å². The lowest BCUT2D eigenvalue weighted by Crippen LogP contribution is -2.56. The van der Waals surface area contributed by atoms with Crippen molar-refractivity contribution in [1.29, 1.82) is 0 Å². The number of benzene rings is 2. The summed E-state index contributed by atoms with van der Waals surface area (Å²) in [5.74, 6) is -1.39. The highest BCUT2D eigenvalue weighted by Gasteiger charge is 2.29. The predicted molar refractivity (Wildman–Crippen MR) is 107 cm³/mol. The Labute approximate surface area is 169 Å². The Morgan fingerprint density at radius 3 is 2.59 bits per heavy atom. The van der Waals surface area contributed by atoms with Crippen LogP contribution in [0.25, 0.3) is 21.8 Å². The SMILES string of the molecule is O=C1CC(C(=O)Nc2ccccc2-c2csc(-c3ccccc3F)n2)NC(=O)N1. The molecular weight excluding hydrogens is 395 g/mol. The fraction of sp³-hybridized carbons (Fsp3) is 0.100. The van der Waals surface area contributed by atoms with E-state index in [0.717, 1.165) is 0 Å². The van der Waals surface area contributed by atoms with Crippen molar-refractivity contribution in [2.24, 2.45) is 0 Å². The maximum Gasteiger partial charge on any atom is 0.322 e. The van der Waals surface area contributed by atoms with Crippen LogP contribution in [0.1, 0.15) is 6.42 Å². The molecule has 146 valence electrons. The van der Waals surface area contributed by atoms with Crippen LogP contribution in [0.4, 0.5) is 14.9 Å². The van der Waals surface area contributed by atoms with Crippen molar-refractivity contribution >= 4 is 34.9 Å². The Bertz CT molecular complexity index is 1100. The number of imide groups is 1. The second-order valence-electron chi connectivity index (χ2n) is 6.33. The van der Waals surface area contributed by atoms with Crippen LogP contribution in [0.2, 0.25) is 0 Å². The van der Waals surface area contributed by atoms with E-state index in [1.165, 1.54) is 17.4 Å². The van der Waals surface area contributed by atoms with Gasteiger partial charge >= 0.3 is 6.03 Å². The minimum absolute atomic E-state index is 0.145. The van der Waals surface area contributed by atoms with E-state index in [4.69, 9.17) is 0 Å². The molecule has 1 atom stereocenters. The quantitative estimate of drug-likeness (QED) is 0.615. The first-order valence-corrected chi connectivity index (χ1v) is 9.60. The summed E-state index contributed by atoms with van der Waals surface area (Å²) in [5, 5.41) is 9.54. The molecule has 4 rings (SSSR count). The van der Waals surface area contributed by atoms with Gasteiger partial charge in [-0.1, -0.05) is 30.3 Å². The molecule has 0 spiro atoms. The molecule has 7 nitrogen and oxygen atoms in total. The fourth-order valence-electron chi connectivity index (χ4n) is 2.96. The van der Waals surface area contributed by atoms with Gasteiger partial charge in [0.1, 0.15) is 16.9 Å². The van der Waals surface area contributed by atoms with Gasteiger partial charge in [0.15, 0.2) is 0 Å². The van der Waals surface area contributed by atoms with Gasteiger partial charge in [0.25, 0.3) is 0 Å². The zero-order valence-corrected chi connectivity index (χ0v) is 15.8. The van der Waals surface area contributed by atoms with Crippen molar-refractivity contribution in [3.63, 3.8) is 0 Å². The third-order valence-corrected chi connectivity index (χ3v) is 5.21. The molecule has 1 aliphatic heterocycles. The first kappa shape index (κ1) is 18.8. The van der Waals surface area contributed by atoms with Gasteiger partial charge in [-0.3, -0.25) is 14.9 Å². The smallest absolute Gasteiger partial charge is 0.322 e. The molecule has 1 aromatic heterocycles. The number of para-hydroxylation sites is 1. The molecule has 0 saturated carbocycles. The third-order valence-electron chi connectivity index (χ3n) is 4.33. The molecule has 29 heavy (non-hydrogen) atoms. The number of anilines is 1. The van der Waals surface area contributed by atoms with E-state index in [1.807, 2.05) is 0 Å². The number of rotatable bonds is 4. The average molecular weight is 410 g/mol. The second-order valence-corrected chi connectivity index (χ2v) is 7.19. The molecule has 0 radical (unpaired) electrons. The van der Waals surface area contributed by atoms with Crippen molar-refractivity contribution in [1.82, 2.24) is 15.6 Å². The molecule has 0 aliphatic carbocycles. The van der Waals surface area contributed by atoms with E-state index >= 15 is 0 Å². The Balaban J connectivity index is 1.59. The summed E-state index contributed by atoms with van der Waals surface area (Å²) in [5.41, 5.74) is 2.10. The molecule has 2 heterocycles. The summed E-state index contributed by atoms with van der Waals surface area (Å²) in [4.78, 5) is 40.0. The molecule has 1 unspecified atom stereocenters. The maximum atomic E-state index is 14.1. The van der Waals surface area contributed by atoms with Gasteiger partial charge < -0.3 is 10.6 Å². The Morgan fingerprint density at radius 2 is 1.83 bits per heavy atom. The topological polar surface area (TPSA) is 100 Å². The lowest BCUT2D eigenvalue weighted by Gasteiger charge is -2.22. The molecule has 1 aliphatic rings. The number of aromatic nitrogens is 1. The zero-order chi connectivity index (χ0) is 20.4. The van der Waals surface area contributed by atoms with Crippen LogP contribution in [0.3, 0.4) is 0 Å². The predicted octanol–water partition coefficient (Wildman–Crippen LogP) is 3.15. The lowest BCUT2D eigenvalue weighted by molar-refractivity contribution is -0.126. The van der Waals surface area contributed by atoms with Gasteiger partial charge in [-0.25, -0.2) is 14.2 Å². The Morgan fingerprint density at radius 1 is 1.10 bits per heavy atom. The van der Waals surface area contributed by atoms with Gasteiger partial charge in [-0.2, -0.15) is 0 Å². The molecule has 9 heteroatoms. The highest BCUT2D eigenvalue weighted by atomic mass is 32.1. The summed E-state index contributed by atoms with van der Waals surface area (Å²) in [6.07, 6.45) is -0.145. The number of hydrogen-bond acceptors (Lipinski definition) is 5. The normalized spacial score (nSPS) is 16.1. The summed E-state index contributed by atoms with van der Waals surface area (Å²) in [6, 6.07) is 11.7. The van der Waals surface area contributed by atoms with E-state index in [2.05, 4.69) is 20.9 Å². The number of thiazole rings is 1. The Hall–Kier alpha value is -3.59. The number of halogens is 1. The largest absolute Gasteiger partial charge is 0.325 e. The summed E-state index contributed by atoms with van der Waals surface area (Å²) < 4.78 is 14.1.